The molecule has 1 aromatic heterocycles. The lowest BCUT2D eigenvalue weighted by molar-refractivity contribution is -0.178. The topological polar surface area (TPSA) is 34.1 Å². The van der Waals surface area contributed by atoms with Crippen molar-refractivity contribution in [3.05, 3.63) is 29.8 Å². The standard InChI is InChI=1S/C16H21FN2O/c1-10(11-7-12(17)9-18-8-11)19-14-13-3-6-20-15(13)16(14)4-2-5-16/h7-10,13-15,19H,2-6H2,1H3/t10-,13+,14+,15-/m0/s1. The Morgan fingerprint density at radius 1 is 1.45 bits per heavy atom. The fraction of sp³-hybridized carbons (Fsp3) is 0.688. The van der Waals surface area contributed by atoms with Crippen molar-refractivity contribution < 1.29 is 9.13 Å². The minimum absolute atomic E-state index is 0.141. The van der Waals surface area contributed by atoms with Crippen LogP contribution in [0, 0.1) is 17.2 Å². The van der Waals surface area contributed by atoms with Crippen LogP contribution in [0.4, 0.5) is 4.39 Å². The summed E-state index contributed by atoms with van der Waals surface area (Å²) in [5.41, 5.74) is 1.30. The summed E-state index contributed by atoms with van der Waals surface area (Å²) in [6, 6.07) is 2.25. The van der Waals surface area contributed by atoms with Crippen molar-refractivity contribution in [3.63, 3.8) is 0 Å². The minimum Gasteiger partial charge on any atom is -0.377 e. The van der Waals surface area contributed by atoms with Gasteiger partial charge in [0.2, 0.25) is 0 Å². The van der Waals surface area contributed by atoms with Gasteiger partial charge in [0.25, 0.3) is 0 Å². The highest BCUT2D eigenvalue weighted by molar-refractivity contribution is 5.21. The monoisotopic (exact) mass is 276 g/mol. The van der Waals surface area contributed by atoms with E-state index in [0.717, 1.165) is 18.6 Å². The number of rotatable bonds is 3. The summed E-state index contributed by atoms with van der Waals surface area (Å²) in [7, 11) is 0. The molecule has 0 amide bonds. The summed E-state index contributed by atoms with van der Waals surface area (Å²) in [4.78, 5) is 3.95. The average molecular weight is 276 g/mol. The maximum absolute atomic E-state index is 13.3. The molecule has 1 aliphatic heterocycles. The molecule has 0 unspecified atom stereocenters. The predicted molar refractivity (Wildman–Crippen MR) is 73.7 cm³/mol. The van der Waals surface area contributed by atoms with Crippen LogP contribution in [0.15, 0.2) is 18.5 Å². The molecule has 1 aromatic rings. The molecular formula is C16H21FN2O. The van der Waals surface area contributed by atoms with Crippen LogP contribution in [0.25, 0.3) is 0 Å². The molecule has 20 heavy (non-hydrogen) atoms. The molecule has 3 aliphatic rings. The fourth-order valence-corrected chi connectivity index (χ4v) is 4.53. The van der Waals surface area contributed by atoms with Crippen LogP contribution in [0.2, 0.25) is 0 Å². The van der Waals surface area contributed by atoms with Gasteiger partial charge in [0.1, 0.15) is 5.82 Å². The van der Waals surface area contributed by atoms with Crippen molar-refractivity contribution >= 4 is 0 Å². The zero-order valence-electron chi connectivity index (χ0n) is 11.8. The Morgan fingerprint density at radius 3 is 3.00 bits per heavy atom. The van der Waals surface area contributed by atoms with E-state index < -0.39 is 0 Å². The number of halogens is 1. The Balaban J connectivity index is 1.51. The van der Waals surface area contributed by atoms with Crippen LogP contribution in [0.3, 0.4) is 0 Å². The maximum Gasteiger partial charge on any atom is 0.141 e. The van der Waals surface area contributed by atoms with Gasteiger partial charge in [-0.3, -0.25) is 4.98 Å². The van der Waals surface area contributed by atoms with Crippen LogP contribution in [-0.2, 0) is 4.74 Å². The minimum atomic E-state index is -0.259. The van der Waals surface area contributed by atoms with Crippen molar-refractivity contribution in [3.8, 4) is 0 Å². The van der Waals surface area contributed by atoms with Gasteiger partial charge >= 0.3 is 0 Å². The van der Waals surface area contributed by atoms with Crippen LogP contribution < -0.4 is 5.32 Å². The van der Waals surface area contributed by atoms with Gasteiger partial charge in [-0.25, -0.2) is 4.39 Å². The molecule has 0 bridgehead atoms. The van der Waals surface area contributed by atoms with E-state index in [1.165, 1.54) is 25.5 Å². The van der Waals surface area contributed by atoms with Crippen LogP contribution in [0.1, 0.15) is 44.2 Å². The summed E-state index contributed by atoms with van der Waals surface area (Å²) in [5, 5.41) is 3.74. The quantitative estimate of drug-likeness (QED) is 0.922. The second-order valence-electron chi connectivity index (χ2n) is 6.63. The maximum atomic E-state index is 13.3. The van der Waals surface area contributed by atoms with E-state index in [1.54, 1.807) is 12.3 Å². The molecule has 3 fully saturated rings. The van der Waals surface area contributed by atoms with E-state index in [2.05, 4.69) is 17.2 Å². The highest BCUT2D eigenvalue weighted by Gasteiger charge is 2.66. The Morgan fingerprint density at radius 2 is 2.30 bits per heavy atom. The molecule has 2 heterocycles. The zero-order chi connectivity index (χ0) is 13.7. The summed E-state index contributed by atoms with van der Waals surface area (Å²) in [5.74, 6) is 0.393. The molecule has 3 nitrogen and oxygen atoms in total. The summed E-state index contributed by atoms with van der Waals surface area (Å²) in [6.45, 7) is 3.01. The summed E-state index contributed by atoms with van der Waals surface area (Å²) < 4.78 is 19.2. The number of ether oxygens (including phenoxy) is 1. The third kappa shape index (κ3) is 1.67. The van der Waals surface area contributed by atoms with Gasteiger partial charge in [0, 0.05) is 36.2 Å². The van der Waals surface area contributed by atoms with Gasteiger partial charge in [-0.1, -0.05) is 6.42 Å². The normalized spacial score (nSPS) is 35.2. The van der Waals surface area contributed by atoms with Gasteiger partial charge < -0.3 is 10.1 Å². The van der Waals surface area contributed by atoms with Crippen molar-refractivity contribution in [1.29, 1.82) is 0 Å². The van der Waals surface area contributed by atoms with Crippen LogP contribution in [0.5, 0.6) is 0 Å². The van der Waals surface area contributed by atoms with E-state index in [4.69, 9.17) is 4.74 Å². The number of nitrogens with one attached hydrogen (secondary N) is 1. The molecule has 4 atom stereocenters. The Hall–Kier alpha value is -1.00. The lowest BCUT2D eigenvalue weighted by Gasteiger charge is -2.64. The van der Waals surface area contributed by atoms with Crippen LogP contribution in [-0.4, -0.2) is 23.7 Å². The SMILES string of the molecule is C[C@H](N[C@@H]1[C@H]2CCO[C@@H]2C12CCC2)c1cncc(F)c1. The molecule has 0 aromatic carbocycles. The van der Waals surface area contributed by atoms with E-state index in [-0.39, 0.29) is 11.9 Å². The van der Waals surface area contributed by atoms with Crippen molar-refractivity contribution in [2.75, 3.05) is 6.61 Å². The smallest absolute Gasteiger partial charge is 0.141 e. The van der Waals surface area contributed by atoms with Gasteiger partial charge in [0.15, 0.2) is 0 Å². The lowest BCUT2D eigenvalue weighted by Crippen LogP contribution is -2.71. The fourth-order valence-electron chi connectivity index (χ4n) is 4.53. The van der Waals surface area contributed by atoms with Crippen molar-refractivity contribution in [2.45, 2.75) is 50.8 Å². The first-order valence-electron chi connectivity index (χ1n) is 7.69. The number of aromatic nitrogens is 1. The molecule has 2 saturated carbocycles. The van der Waals surface area contributed by atoms with Gasteiger partial charge in [-0.05, 0) is 37.8 Å². The molecule has 1 spiro atoms. The second-order valence-corrected chi connectivity index (χ2v) is 6.63. The first kappa shape index (κ1) is 12.7. The number of nitrogens with zero attached hydrogens (tertiary/aromatic N) is 1. The number of fused-ring (bicyclic) bond motifs is 2. The van der Waals surface area contributed by atoms with Crippen molar-refractivity contribution in [2.24, 2.45) is 11.3 Å². The van der Waals surface area contributed by atoms with E-state index >= 15 is 0 Å². The molecule has 4 heteroatoms. The largest absolute Gasteiger partial charge is 0.377 e. The number of hydrogen-bond donors (Lipinski definition) is 1. The molecule has 0 radical (unpaired) electrons. The molecule has 108 valence electrons. The highest BCUT2D eigenvalue weighted by Crippen LogP contribution is 2.63. The van der Waals surface area contributed by atoms with E-state index in [9.17, 15) is 4.39 Å². The highest BCUT2D eigenvalue weighted by atomic mass is 19.1. The molecule has 4 rings (SSSR count). The molecule has 1 N–H and O–H groups in total. The predicted octanol–water partition coefficient (Wildman–Crippen LogP) is 2.83. The molecule has 2 aliphatic carbocycles. The second kappa shape index (κ2) is 4.50. The zero-order valence-corrected chi connectivity index (χ0v) is 11.8. The van der Waals surface area contributed by atoms with Gasteiger partial charge in [-0.2, -0.15) is 0 Å². The average Bonchev–Trinajstić information content (AvgIpc) is 2.79. The van der Waals surface area contributed by atoms with E-state index in [0.29, 0.717) is 23.5 Å². The van der Waals surface area contributed by atoms with Gasteiger partial charge in [-0.15, -0.1) is 0 Å². The van der Waals surface area contributed by atoms with Crippen molar-refractivity contribution in [1.82, 2.24) is 10.3 Å². The first-order valence-corrected chi connectivity index (χ1v) is 7.69. The lowest BCUT2D eigenvalue weighted by atomic mass is 9.46. The number of pyridine rings is 1. The Labute approximate surface area is 118 Å². The Kier molecular flexibility index (Phi) is 2.86. The summed E-state index contributed by atoms with van der Waals surface area (Å²) >= 11 is 0. The van der Waals surface area contributed by atoms with Crippen LogP contribution >= 0.6 is 0 Å². The summed E-state index contributed by atoms with van der Waals surface area (Å²) in [6.07, 6.45) is 8.54. The third-order valence-corrected chi connectivity index (χ3v) is 5.69. The number of hydrogen-bond acceptors (Lipinski definition) is 3. The van der Waals surface area contributed by atoms with Gasteiger partial charge in [0.05, 0.1) is 12.3 Å². The molecular weight excluding hydrogens is 255 g/mol. The Bertz CT molecular complexity index is 517. The molecule has 1 saturated heterocycles. The van der Waals surface area contributed by atoms with E-state index in [1.807, 2.05) is 0 Å². The first-order chi connectivity index (χ1) is 9.71. The third-order valence-electron chi connectivity index (χ3n) is 5.69.